The van der Waals surface area contributed by atoms with Crippen LogP contribution < -0.4 is 9.41 Å². The lowest BCUT2D eigenvalue weighted by Crippen LogP contribution is -2.00. The van der Waals surface area contributed by atoms with Crippen molar-refractivity contribution in [1.82, 2.24) is 0 Å². The molecule has 2 aromatic rings. The van der Waals surface area contributed by atoms with Crippen LogP contribution in [-0.4, -0.2) is 15.1 Å². The second kappa shape index (κ2) is 5.83. The van der Waals surface area contributed by atoms with Gasteiger partial charge in [0.15, 0.2) is 5.75 Å². The molecule has 1 unspecified atom stereocenters. The van der Waals surface area contributed by atoms with Gasteiger partial charge in [-0.3, -0.25) is 4.89 Å². The van der Waals surface area contributed by atoms with Crippen molar-refractivity contribution in [2.24, 2.45) is 0 Å². The zero-order valence-corrected chi connectivity index (χ0v) is 10.9. The molecule has 3 N–H and O–H groups in total. The largest absolute Gasteiger partial charge is 0.564 e. The molecule has 0 radical (unpaired) electrons. The molecule has 106 valence electrons. The van der Waals surface area contributed by atoms with Gasteiger partial charge < -0.3 is 19.6 Å². The Hall–Kier alpha value is -2.21. The number of phosphoric acid groups is 1. The lowest BCUT2D eigenvalue weighted by molar-refractivity contribution is -0.120. The van der Waals surface area contributed by atoms with Crippen LogP contribution in [0.25, 0.3) is 0 Å². The van der Waals surface area contributed by atoms with Crippen LogP contribution in [0.1, 0.15) is 0 Å². The highest BCUT2D eigenvalue weighted by atomic mass is 31.2. The van der Waals surface area contributed by atoms with Crippen LogP contribution in [-0.2, 0) is 9.24 Å². The van der Waals surface area contributed by atoms with E-state index in [0.717, 1.165) is 0 Å². The first-order valence-electron chi connectivity index (χ1n) is 5.41. The number of phenols is 2. The van der Waals surface area contributed by atoms with Crippen molar-refractivity contribution >= 4 is 7.82 Å². The number of phenolic OH excluding ortho intramolecular Hbond substituents is 2. The molecule has 0 fully saturated rings. The molecule has 2 aromatic carbocycles. The van der Waals surface area contributed by atoms with Crippen LogP contribution in [0.2, 0.25) is 0 Å². The van der Waals surface area contributed by atoms with Crippen LogP contribution in [0.4, 0.5) is 0 Å². The number of aromatic hydroxyl groups is 2. The standard InChI is InChI=1S/C12H11O7P/c13-9-1-5-11(6-2-9)17-19-20(15,16)18-12-7-3-10(14)4-8-12/h1-8,13-14H,(H,15,16). The van der Waals surface area contributed by atoms with E-state index in [9.17, 15) is 9.46 Å². The Labute approximate surface area is 114 Å². The third-order valence-corrected chi connectivity index (χ3v) is 2.83. The number of hydrogen-bond acceptors (Lipinski definition) is 6. The average molecular weight is 298 g/mol. The number of benzene rings is 2. The Bertz CT molecular complexity index is 609. The molecule has 0 aliphatic carbocycles. The Morgan fingerprint density at radius 3 is 1.75 bits per heavy atom. The molecular weight excluding hydrogens is 287 g/mol. The van der Waals surface area contributed by atoms with Gasteiger partial charge in [0.25, 0.3) is 0 Å². The summed E-state index contributed by atoms with van der Waals surface area (Å²) in [6.07, 6.45) is 0. The van der Waals surface area contributed by atoms with Gasteiger partial charge in [-0.15, -0.1) is 0 Å². The minimum absolute atomic E-state index is 0.00798. The SMILES string of the molecule is O=P(O)(OOc1ccc(O)cc1)Oc1ccc(O)cc1. The van der Waals surface area contributed by atoms with Crippen LogP contribution >= 0.6 is 7.82 Å². The van der Waals surface area contributed by atoms with Gasteiger partial charge in [0.1, 0.15) is 17.2 Å². The lowest BCUT2D eigenvalue weighted by atomic mass is 10.3. The zero-order valence-electron chi connectivity index (χ0n) is 10.0. The van der Waals surface area contributed by atoms with Crippen LogP contribution in [0.3, 0.4) is 0 Å². The van der Waals surface area contributed by atoms with Gasteiger partial charge in [0, 0.05) is 0 Å². The monoisotopic (exact) mass is 298 g/mol. The highest BCUT2D eigenvalue weighted by Gasteiger charge is 2.25. The van der Waals surface area contributed by atoms with Gasteiger partial charge in [-0.25, -0.2) is 4.57 Å². The molecule has 0 saturated carbocycles. The summed E-state index contributed by atoms with van der Waals surface area (Å²) in [5.74, 6) is 0.158. The first-order valence-corrected chi connectivity index (χ1v) is 6.91. The molecule has 0 heterocycles. The summed E-state index contributed by atoms with van der Waals surface area (Å²) in [6, 6.07) is 10.5. The fourth-order valence-electron chi connectivity index (χ4n) is 1.25. The summed E-state index contributed by atoms with van der Waals surface area (Å²) in [7, 11) is -4.47. The maximum Gasteiger partial charge on any atom is 0.564 e. The summed E-state index contributed by atoms with van der Waals surface area (Å²) in [4.78, 5) is 14.1. The van der Waals surface area contributed by atoms with Crippen molar-refractivity contribution in [2.45, 2.75) is 0 Å². The lowest BCUT2D eigenvalue weighted by Gasteiger charge is -2.12. The zero-order chi connectivity index (χ0) is 14.6. The second-order valence-electron chi connectivity index (χ2n) is 3.71. The van der Waals surface area contributed by atoms with E-state index in [4.69, 9.17) is 14.7 Å². The predicted octanol–water partition coefficient (Wildman–Crippen LogP) is 2.59. The Morgan fingerprint density at radius 1 is 0.800 bits per heavy atom. The van der Waals surface area contributed by atoms with E-state index in [-0.39, 0.29) is 23.0 Å². The summed E-state index contributed by atoms with van der Waals surface area (Å²) in [5, 5.41) is 18.1. The van der Waals surface area contributed by atoms with Crippen molar-refractivity contribution in [1.29, 1.82) is 0 Å². The van der Waals surface area contributed by atoms with Crippen molar-refractivity contribution in [2.75, 3.05) is 0 Å². The summed E-state index contributed by atoms with van der Waals surface area (Å²) in [5.41, 5.74) is 0. The minimum atomic E-state index is -4.47. The first kappa shape index (κ1) is 14.2. The molecule has 7 nitrogen and oxygen atoms in total. The highest BCUT2D eigenvalue weighted by molar-refractivity contribution is 7.47. The predicted molar refractivity (Wildman–Crippen MR) is 68.4 cm³/mol. The Kier molecular flexibility index (Phi) is 4.14. The van der Waals surface area contributed by atoms with E-state index in [0.29, 0.717) is 0 Å². The van der Waals surface area contributed by atoms with Crippen LogP contribution in [0.15, 0.2) is 48.5 Å². The fourth-order valence-corrected chi connectivity index (χ4v) is 1.85. The Morgan fingerprint density at radius 2 is 1.25 bits per heavy atom. The molecule has 0 aliphatic rings. The summed E-state index contributed by atoms with van der Waals surface area (Å²) in [6.45, 7) is 0. The van der Waals surface area contributed by atoms with E-state index in [1.54, 1.807) is 0 Å². The Balaban J connectivity index is 1.95. The van der Waals surface area contributed by atoms with E-state index >= 15 is 0 Å². The number of rotatable bonds is 5. The molecule has 2 rings (SSSR count). The van der Waals surface area contributed by atoms with Gasteiger partial charge in [-0.05, 0) is 48.5 Å². The van der Waals surface area contributed by atoms with E-state index in [1.807, 2.05) is 0 Å². The van der Waals surface area contributed by atoms with Crippen molar-refractivity contribution in [3.05, 3.63) is 48.5 Å². The van der Waals surface area contributed by atoms with E-state index in [1.165, 1.54) is 48.5 Å². The number of hydrogen-bond donors (Lipinski definition) is 3. The molecule has 0 bridgehead atoms. The molecule has 8 heteroatoms. The second-order valence-corrected chi connectivity index (χ2v) is 4.97. The van der Waals surface area contributed by atoms with Gasteiger partial charge in [0.05, 0.1) is 0 Å². The van der Waals surface area contributed by atoms with Crippen LogP contribution in [0.5, 0.6) is 23.0 Å². The first-order chi connectivity index (χ1) is 9.44. The molecule has 0 aromatic heterocycles. The third-order valence-electron chi connectivity index (χ3n) is 2.12. The fraction of sp³-hybridized carbons (Fsp3) is 0. The van der Waals surface area contributed by atoms with Crippen LogP contribution in [0, 0.1) is 0 Å². The van der Waals surface area contributed by atoms with Gasteiger partial charge >= 0.3 is 7.82 Å². The summed E-state index contributed by atoms with van der Waals surface area (Å²) < 4.78 is 20.6. The summed E-state index contributed by atoms with van der Waals surface area (Å²) >= 11 is 0. The average Bonchev–Trinajstić information content (AvgIpc) is 2.41. The van der Waals surface area contributed by atoms with E-state index < -0.39 is 7.82 Å². The topological polar surface area (TPSA) is 105 Å². The molecule has 0 amide bonds. The maximum atomic E-state index is 11.6. The normalized spacial score (nSPS) is 13.4. The highest BCUT2D eigenvalue weighted by Crippen LogP contribution is 2.44. The molecule has 0 aliphatic heterocycles. The molecule has 0 spiro atoms. The third kappa shape index (κ3) is 4.17. The van der Waals surface area contributed by atoms with Gasteiger partial charge in [-0.2, -0.15) is 0 Å². The van der Waals surface area contributed by atoms with E-state index in [2.05, 4.69) is 9.56 Å². The number of phosphoric ester groups is 1. The van der Waals surface area contributed by atoms with Gasteiger partial charge in [-0.1, -0.05) is 4.67 Å². The molecule has 0 saturated heterocycles. The van der Waals surface area contributed by atoms with Crippen molar-refractivity contribution in [3.8, 4) is 23.0 Å². The quantitative estimate of drug-likeness (QED) is 0.442. The smallest absolute Gasteiger partial charge is 0.508 e. The minimum Gasteiger partial charge on any atom is -0.508 e. The van der Waals surface area contributed by atoms with Gasteiger partial charge in [0.2, 0.25) is 0 Å². The van der Waals surface area contributed by atoms with Crippen molar-refractivity contribution < 1.29 is 33.8 Å². The molecule has 20 heavy (non-hydrogen) atoms. The molecule has 1 atom stereocenters. The maximum absolute atomic E-state index is 11.6. The van der Waals surface area contributed by atoms with Crippen molar-refractivity contribution in [3.63, 3.8) is 0 Å². The molecular formula is C12H11O7P.